The number of carbonyl (C=O) groups excluding carboxylic acids is 1. The quantitative estimate of drug-likeness (QED) is 0.799. The Bertz CT molecular complexity index is 680. The zero-order valence-corrected chi connectivity index (χ0v) is 13.0. The van der Waals surface area contributed by atoms with Gasteiger partial charge in [-0.15, -0.1) is 0 Å². The van der Waals surface area contributed by atoms with Crippen LogP contribution in [0.3, 0.4) is 0 Å². The first-order chi connectivity index (χ1) is 11.2. The van der Waals surface area contributed by atoms with Crippen LogP contribution in [0.2, 0.25) is 0 Å². The van der Waals surface area contributed by atoms with E-state index in [1.54, 1.807) is 18.5 Å². The first-order valence-electron chi connectivity index (χ1n) is 7.89. The molecule has 1 aliphatic carbocycles. The predicted octanol–water partition coefficient (Wildman–Crippen LogP) is 4.05. The van der Waals surface area contributed by atoms with Crippen molar-refractivity contribution in [2.45, 2.75) is 38.7 Å². The van der Waals surface area contributed by atoms with Crippen LogP contribution in [0.5, 0.6) is 6.01 Å². The number of ether oxygens (including phenoxy) is 1. The van der Waals surface area contributed by atoms with Crippen molar-refractivity contribution in [1.82, 2.24) is 9.97 Å². The summed E-state index contributed by atoms with van der Waals surface area (Å²) in [5.74, 6) is 0.219. The van der Waals surface area contributed by atoms with Gasteiger partial charge in [0.1, 0.15) is 11.9 Å². The summed E-state index contributed by atoms with van der Waals surface area (Å²) in [5.41, 5.74) is 1.36. The minimum atomic E-state index is -0.547. The molecule has 0 atom stereocenters. The predicted molar refractivity (Wildman–Crippen MR) is 84.9 cm³/mol. The first-order valence-corrected chi connectivity index (χ1v) is 7.89. The molecule has 2 aromatic rings. The van der Waals surface area contributed by atoms with Crippen LogP contribution in [0.4, 0.5) is 4.39 Å². The summed E-state index contributed by atoms with van der Waals surface area (Å²) in [6, 6.07) is 4.80. The highest BCUT2D eigenvalue weighted by molar-refractivity contribution is 5.77. The van der Waals surface area contributed by atoms with Crippen molar-refractivity contribution < 1.29 is 13.9 Å². The Hall–Kier alpha value is -2.30. The van der Waals surface area contributed by atoms with Crippen molar-refractivity contribution in [2.75, 3.05) is 0 Å². The second kappa shape index (κ2) is 6.86. The van der Waals surface area contributed by atoms with E-state index in [1.165, 1.54) is 25.0 Å². The molecule has 0 radical (unpaired) electrons. The molecule has 4 nitrogen and oxygen atoms in total. The maximum absolute atomic E-state index is 13.7. The van der Waals surface area contributed by atoms with E-state index in [9.17, 15) is 9.18 Å². The van der Waals surface area contributed by atoms with Gasteiger partial charge in [-0.1, -0.05) is 13.0 Å². The summed E-state index contributed by atoms with van der Waals surface area (Å²) in [7, 11) is 0. The topological polar surface area (TPSA) is 52.1 Å². The lowest BCUT2D eigenvalue weighted by Crippen LogP contribution is -2.23. The Morgan fingerprint density at radius 1 is 1.13 bits per heavy atom. The first kappa shape index (κ1) is 15.6. The van der Waals surface area contributed by atoms with E-state index in [4.69, 9.17) is 4.74 Å². The molecule has 1 heterocycles. The number of halogens is 1. The van der Waals surface area contributed by atoms with E-state index < -0.39 is 5.82 Å². The molecule has 1 aromatic carbocycles. The standard InChI is InChI=1S/C18H19FN2O2/c1-12-2-6-16(7-3-12)23-18-20-9-15(10-21-18)13-4-5-14(11-22)17(19)8-13/h4-5,8-12,16H,2-3,6-7H2,1H3. The van der Waals surface area contributed by atoms with Crippen LogP contribution in [-0.2, 0) is 0 Å². The third kappa shape index (κ3) is 3.73. The van der Waals surface area contributed by atoms with Gasteiger partial charge in [0.05, 0.1) is 5.56 Å². The molecule has 5 heteroatoms. The largest absolute Gasteiger partial charge is 0.460 e. The molecule has 1 fully saturated rings. The van der Waals surface area contributed by atoms with Crippen LogP contribution in [0.25, 0.3) is 11.1 Å². The summed E-state index contributed by atoms with van der Waals surface area (Å²) < 4.78 is 19.5. The molecule has 120 valence electrons. The van der Waals surface area contributed by atoms with E-state index in [2.05, 4.69) is 16.9 Å². The summed E-state index contributed by atoms with van der Waals surface area (Å²) in [6.45, 7) is 2.26. The van der Waals surface area contributed by atoms with E-state index in [0.29, 0.717) is 23.4 Å². The minimum absolute atomic E-state index is 0.0427. The highest BCUT2D eigenvalue weighted by Gasteiger charge is 2.20. The van der Waals surface area contributed by atoms with Gasteiger partial charge in [0.2, 0.25) is 0 Å². The highest BCUT2D eigenvalue weighted by Crippen LogP contribution is 2.26. The Labute approximate surface area is 134 Å². The fourth-order valence-corrected chi connectivity index (χ4v) is 2.82. The van der Waals surface area contributed by atoms with Crippen LogP contribution in [-0.4, -0.2) is 22.4 Å². The van der Waals surface area contributed by atoms with Crippen molar-refractivity contribution in [3.05, 3.63) is 42.0 Å². The fraction of sp³-hybridized carbons (Fsp3) is 0.389. The molecule has 0 saturated heterocycles. The molecule has 0 unspecified atom stereocenters. The van der Waals surface area contributed by atoms with Crippen LogP contribution in [0, 0.1) is 11.7 Å². The second-order valence-electron chi connectivity index (χ2n) is 6.11. The Kier molecular flexibility index (Phi) is 4.65. The number of aromatic nitrogens is 2. The van der Waals surface area contributed by atoms with Crippen molar-refractivity contribution in [3.8, 4) is 17.1 Å². The van der Waals surface area contributed by atoms with Crippen LogP contribution >= 0.6 is 0 Å². The molecule has 3 rings (SSSR count). The van der Waals surface area contributed by atoms with E-state index in [-0.39, 0.29) is 11.7 Å². The van der Waals surface area contributed by atoms with Gasteiger partial charge < -0.3 is 4.74 Å². The molecule has 0 N–H and O–H groups in total. The van der Waals surface area contributed by atoms with Gasteiger partial charge >= 0.3 is 6.01 Å². The maximum Gasteiger partial charge on any atom is 0.316 e. The lowest BCUT2D eigenvalue weighted by atomic mass is 9.89. The Balaban J connectivity index is 1.69. The average molecular weight is 314 g/mol. The molecule has 23 heavy (non-hydrogen) atoms. The van der Waals surface area contributed by atoms with Gasteiger partial charge in [0.25, 0.3) is 0 Å². The monoisotopic (exact) mass is 314 g/mol. The van der Waals surface area contributed by atoms with Crippen molar-refractivity contribution in [3.63, 3.8) is 0 Å². The lowest BCUT2D eigenvalue weighted by Gasteiger charge is -2.25. The third-order valence-electron chi connectivity index (χ3n) is 4.32. The molecular formula is C18H19FN2O2. The number of hydrogen-bond acceptors (Lipinski definition) is 4. The van der Waals surface area contributed by atoms with E-state index in [1.807, 2.05) is 0 Å². The van der Waals surface area contributed by atoms with Crippen LogP contribution in [0.1, 0.15) is 43.0 Å². The molecule has 0 amide bonds. The summed E-state index contributed by atoms with van der Waals surface area (Å²) in [5, 5.41) is 0. The fourth-order valence-electron chi connectivity index (χ4n) is 2.82. The highest BCUT2D eigenvalue weighted by atomic mass is 19.1. The molecule has 1 aliphatic rings. The number of rotatable bonds is 4. The number of aldehydes is 1. The van der Waals surface area contributed by atoms with Crippen molar-refractivity contribution >= 4 is 6.29 Å². The molecule has 0 aliphatic heterocycles. The maximum atomic E-state index is 13.7. The summed E-state index contributed by atoms with van der Waals surface area (Å²) in [6.07, 6.45) is 8.32. The van der Waals surface area contributed by atoms with E-state index in [0.717, 1.165) is 18.8 Å². The van der Waals surface area contributed by atoms with Crippen molar-refractivity contribution in [2.24, 2.45) is 5.92 Å². The van der Waals surface area contributed by atoms with E-state index >= 15 is 0 Å². The molecular weight excluding hydrogens is 295 g/mol. The molecule has 0 spiro atoms. The Morgan fingerprint density at radius 2 is 1.83 bits per heavy atom. The number of nitrogens with zero attached hydrogens (tertiary/aromatic N) is 2. The lowest BCUT2D eigenvalue weighted by molar-refractivity contribution is 0.112. The summed E-state index contributed by atoms with van der Waals surface area (Å²) in [4.78, 5) is 19.1. The second-order valence-corrected chi connectivity index (χ2v) is 6.11. The zero-order chi connectivity index (χ0) is 16.2. The van der Waals surface area contributed by atoms with Gasteiger partial charge in [-0.25, -0.2) is 14.4 Å². The van der Waals surface area contributed by atoms with Gasteiger partial charge in [-0.2, -0.15) is 0 Å². The number of benzene rings is 1. The summed E-state index contributed by atoms with van der Waals surface area (Å²) >= 11 is 0. The van der Waals surface area contributed by atoms with Gasteiger partial charge in [-0.05, 0) is 49.3 Å². The van der Waals surface area contributed by atoms with Gasteiger partial charge in [0.15, 0.2) is 6.29 Å². The van der Waals surface area contributed by atoms with Gasteiger partial charge in [-0.3, -0.25) is 4.79 Å². The van der Waals surface area contributed by atoms with Crippen molar-refractivity contribution in [1.29, 1.82) is 0 Å². The number of carbonyl (C=O) groups is 1. The third-order valence-corrected chi connectivity index (χ3v) is 4.32. The van der Waals surface area contributed by atoms with Crippen LogP contribution < -0.4 is 4.74 Å². The minimum Gasteiger partial charge on any atom is -0.460 e. The number of hydrogen-bond donors (Lipinski definition) is 0. The molecule has 0 bridgehead atoms. The normalized spacial score (nSPS) is 21.0. The molecule has 1 saturated carbocycles. The SMILES string of the molecule is CC1CCC(Oc2ncc(-c3ccc(C=O)c(F)c3)cn2)CC1. The van der Waals surface area contributed by atoms with Gasteiger partial charge in [0, 0.05) is 18.0 Å². The average Bonchev–Trinajstić information content (AvgIpc) is 2.57. The molecule has 1 aromatic heterocycles. The smallest absolute Gasteiger partial charge is 0.316 e. The van der Waals surface area contributed by atoms with Crippen LogP contribution in [0.15, 0.2) is 30.6 Å². The zero-order valence-electron chi connectivity index (χ0n) is 13.0. The Morgan fingerprint density at radius 3 is 2.43 bits per heavy atom.